The fourth-order valence-corrected chi connectivity index (χ4v) is 3.17. The third-order valence-corrected chi connectivity index (χ3v) is 4.65. The van der Waals surface area contributed by atoms with Crippen LogP contribution in [0.4, 0.5) is 0 Å². The number of tetrazole rings is 1. The van der Waals surface area contributed by atoms with Crippen LogP contribution in [-0.2, 0) is 6.42 Å². The molecule has 0 spiro atoms. The van der Waals surface area contributed by atoms with Gasteiger partial charge in [0.1, 0.15) is 0 Å². The molecule has 1 atom stereocenters. The lowest BCUT2D eigenvalue weighted by Crippen LogP contribution is -2.48. The molecule has 2 N–H and O–H groups in total. The highest BCUT2D eigenvalue weighted by Gasteiger charge is 2.35. The van der Waals surface area contributed by atoms with Gasteiger partial charge in [-0.1, -0.05) is 6.07 Å². The van der Waals surface area contributed by atoms with Crippen LogP contribution in [0.15, 0.2) is 42.7 Å². The van der Waals surface area contributed by atoms with Crippen LogP contribution in [0.1, 0.15) is 28.9 Å². The van der Waals surface area contributed by atoms with Crippen LogP contribution in [0, 0.1) is 5.92 Å². The van der Waals surface area contributed by atoms with Crippen LogP contribution in [0.3, 0.4) is 0 Å². The number of carbonyl (C=O) groups excluding carboxylic acids is 1. The van der Waals surface area contributed by atoms with E-state index < -0.39 is 0 Å². The zero-order valence-corrected chi connectivity index (χ0v) is 13.5. The van der Waals surface area contributed by atoms with Crippen LogP contribution >= 0.6 is 0 Å². The maximum atomic E-state index is 12.7. The van der Waals surface area contributed by atoms with Crippen molar-refractivity contribution in [2.75, 3.05) is 0 Å². The van der Waals surface area contributed by atoms with E-state index in [0.717, 1.165) is 5.69 Å². The molecule has 1 aliphatic rings. The maximum Gasteiger partial charge on any atom is 0.251 e. The molecule has 1 amide bonds. The smallest absolute Gasteiger partial charge is 0.251 e. The van der Waals surface area contributed by atoms with Crippen molar-refractivity contribution in [3.05, 3.63) is 54.0 Å². The van der Waals surface area contributed by atoms with Gasteiger partial charge in [-0.15, -0.1) is 5.10 Å². The standard InChI is InChI=1S/C17H18N6O2/c24-14-7-12(8-14)15(10-13-3-1-2-5-18-13)19-17(25)11-4-6-23-16(9-11)20-21-22-23/h1-6,9,12,14-15,24H,7-8,10H2,(H,19,25)/t12?,14?,15-/m0/s1. The number of aliphatic hydroxyl groups excluding tert-OH is 1. The highest BCUT2D eigenvalue weighted by atomic mass is 16.3. The maximum absolute atomic E-state index is 12.7. The highest BCUT2D eigenvalue weighted by Crippen LogP contribution is 2.31. The lowest BCUT2D eigenvalue weighted by molar-refractivity contribution is 0.0238. The quantitative estimate of drug-likeness (QED) is 0.707. The number of aromatic nitrogens is 5. The molecule has 25 heavy (non-hydrogen) atoms. The normalized spacial score (nSPS) is 20.8. The Labute approximate surface area is 143 Å². The molecule has 8 nitrogen and oxygen atoms in total. The van der Waals surface area contributed by atoms with Crippen molar-refractivity contribution >= 4 is 11.6 Å². The first kappa shape index (κ1) is 15.6. The third kappa shape index (κ3) is 3.34. The first-order valence-electron chi connectivity index (χ1n) is 8.25. The third-order valence-electron chi connectivity index (χ3n) is 4.65. The van der Waals surface area contributed by atoms with Gasteiger partial charge in [-0.3, -0.25) is 9.78 Å². The molecular weight excluding hydrogens is 320 g/mol. The minimum atomic E-state index is -0.272. The fraction of sp³-hybridized carbons (Fsp3) is 0.353. The topological polar surface area (TPSA) is 105 Å². The van der Waals surface area contributed by atoms with E-state index >= 15 is 0 Å². The Morgan fingerprint density at radius 3 is 3.00 bits per heavy atom. The number of amides is 1. The summed E-state index contributed by atoms with van der Waals surface area (Å²) in [6.45, 7) is 0. The van der Waals surface area contributed by atoms with E-state index in [2.05, 4.69) is 25.8 Å². The average molecular weight is 338 g/mol. The van der Waals surface area contributed by atoms with Crippen LogP contribution < -0.4 is 5.32 Å². The second-order valence-corrected chi connectivity index (χ2v) is 6.39. The van der Waals surface area contributed by atoms with Crippen molar-refractivity contribution in [3.63, 3.8) is 0 Å². The molecule has 0 saturated heterocycles. The van der Waals surface area contributed by atoms with Gasteiger partial charge >= 0.3 is 0 Å². The number of nitrogens with zero attached hydrogens (tertiary/aromatic N) is 5. The van der Waals surface area contributed by atoms with Crippen molar-refractivity contribution in [1.82, 2.24) is 30.3 Å². The minimum Gasteiger partial charge on any atom is -0.393 e. The summed E-state index contributed by atoms with van der Waals surface area (Å²) in [7, 11) is 0. The molecule has 3 aromatic rings. The zero-order valence-electron chi connectivity index (χ0n) is 13.5. The Kier molecular flexibility index (Phi) is 4.10. The van der Waals surface area contributed by atoms with E-state index in [0.29, 0.717) is 30.5 Å². The first-order chi connectivity index (χ1) is 12.2. The van der Waals surface area contributed by atoms with Gasteiger partial charge in [0.25, 0.3) is 5.91 Å². The number of pyridine rings is 2. The molecule has 4 rings (SSSR count). The molecule has 8 heteroatoms. The van der Waals surface area contributed by atoms with Gasteiger partial charge in [0, 0.05) is 36.1 Å². The molecule has 1 aliphatic carbocycles. The largest absolute Gasteiger partial charge is 0.393 e. The SMILES string of the molecule is O=C(N[C@@H](Cc1ccccn1)C1CC(O)C1)c1ccn2nnnc2c1. The highest BCUT2D eigenvalue weighted by molar-refractivity contribution is 5.95. The average Bonchev–Trinajstić information content (AvgIpc) is 3.07. The van der Waals surface area contributed by atoms with Gasteiger partial charge in [-0.2, -0.15) is 0 Å². The number of aliphatic hydroxyl groups is 1. The molecule has 3 aromatic heterocycles. The molecule has 0 radical (unpaired) electrons. The lowest BCUT2D eigenvalue weighted by atomic mass is 9.76. The van der Waals surface area contributed by atoms with Gasteiger partial charge in [-0.05, 0) is 53.5 Å². The summed E-state index contributed by atoms with van der Waals surface area (Å²) >= 11 is 0. The van der Waals surface area contributed by atoms with Gasteiger partial charge in [0.15, 0.2) is 5.65 Å². The summed E-state index contributed by atoms with van der Waals surface area (Å²) in [4.78, 5) is 17.0. The second-order valence-electron chi connectivity index (χ2n) is 6.39. The van der Waals surface area contributed by atoms with Crippen molar-refractivity contribution < 1.29 is 9.90 Å². The zero-order chi connectivity index (χ0) is 17.2. The molecule has 1 saturated carbocycles. The van der Waals surface area contributed by atoms with E-state index in [4.69, 9.17) is 0 Å². The van der Waals surface area contributed by atoms with Crippen molar-refractivity contribution in [3.8, 4) is 0 Å². The minimum absolute atomic E-state index is 0.0713. The molecule has 1 fully saturated rings. The van der Waals surface area contributed by atoms with Crippen molar-refractivity contribution in [2.45, 2.75) is 31.4 Å². The molecule has 0 bridgehead atoms. The molecular formula is C17H18N6O2. The number of hydrogen-bond acceptors (Lipinski definition) is 6. The monoisotopic (exact) mass is 338 g/mol. The second kappa shape index (κ2) is 6.56. The van der Waals surface area contributed by atoms with Crippen LogP contribution in [0.5, 0.6) is 0 Å². The molecule has 3 heterocycles. The van der Waals surface area contributed by atoms with Gasteiger partial charge in [0.05, 0.1) is 6.10 Å². The summed E-state index contributed by atoms with van der Waals surface area (Å²) in [5.74, 6) is 0.0762. The number of carbonyl (C=O) groups is 1. The molecule has 0 aromatic carbocycles. The van der Waals surface area contributed by atoms with Gasteiger partial charge < -0.3 is 10.4 Å². The van der Waals surface area contributed by atoms with Crippen LogP contribution in [0.2, 0.25) is 0 Å². The van der Waals surface area contributed by atoms with E-state index in [1.54, 1.807) is 24.5 Å². The van der Waals surface area contributed by atoms with E-state index in [-0.39, 0.29) is 24.0 Å². The Morgan fingerprint density at radius 2 is 2.24 bits per heavy atom. The summed E-state index contributed by atoms with van der Waals surface area (Å²) in [5, 5.41) is 23.9. The van der Waals surface area contributed by atoms with Crippen molar-refractivity contribution in [1.29, 1.82) is 0 Å². The molecule has 128 valence electrons. The Morgan fingerprint density at radius 1 is 1.36 bits per heavy atom. The summed E-state index contributed by atoms with van der Waals surface area (Å²) < 4.78 is 1.50. The summed E-state index contributed by atoms with van der Waals surface area (Å²) in [5.41, 5.74) is 1.95. The fourth-order valence-electron chi connectivity index (χ4n) is 3.17. The molecule has 0 unspecified atom stereocenters. The first-order valence-corrected chi connectivity index (χ1v) is 8.25. The predicted octanol–water partition coefficient (Wildman–Crippen LogP) is 0.631. The van der Waals surface area contributed by atoms with Crippen LogP contribution in [-0.4, -0.2) is 48.2 Å². The number of nitrogens with one attached hydrogen (secondary N) is 1. The Hall–Kier alpha value is -2.87. The van der Waals surface area contributed by atoms with E-state index in [9.17, 15) is 9.90 Å². The summed E-state index contributed by atoms with van der Waals surface area (Å²) in [6.07, 6.45) is 5.17. The predicted molar refractivity (Wildman–Crippen MR) is 88.7 cm³/mol. The van der Waals surface area contributed by atoms with Gasteiger partial charge in [-0.25, -0.2) is 4.52 Å². The van der Waals surface area contributed by atoms with Crippen LogP contribution in [0.25, 0.3) is 5.65 Å². The number of hydrogen-bond donors (Lipinski definition) is 2. The van der Waals surface area contributed by atoms with E-state index in [1.807, 2.05) is 18.2 Å². The lowest BCUT2D eigenvalue weighted by Gasteiger charge is -2.38. The number of rotatable bonds is 5. The van der Waals surface area contributed by atoms with Gasteiger partial charge in [0.2, 0.25) is 0 Å². The summed E-state index contributed by atoms with van der Waals surface area (Å²) in [6, 6.07) is 9.02. The van der Waals surface area contributed by atoms with Crippen molar-refractivity contribution in [2.24, 2.45) is 5.92 Å². The number of fused-ring (bicyclic) bond motifs is 1. The Balaban J connectivity index is 1.51. The van der Waals surface area contributed by atoms with E-state index in [1.165, 1.54) is 4.52 Å². The Bertz CT molecular complexity index is 875. The molecule has 0 aliphatic heterocycles.